The van der Waals surface area contributed by atoms with Gasteiger partial charge in [-0.3, -0.25) is 14.7 Å². The van der Waals surface area contributed by atoms with Crippen LogP contribution < -0.4 is 10.2 Å². The molecule has 1 aromatic heterocycles. The number of amides is 1. The number of fused-ring (bicyclic) bond motifs is 1. The third-order valence-electron chi connectivity index (χ3n) is 3.57. The second-order valence-electron chi connectivity index (χ2n) is 5.24. The molecule has 130 valence electrons. The molecule has 7 nitrogen and oxygen atoms in total. The molecule has 2 aromatic carbocycles. The van der Waals surface area contributed by atoms with Gasteiger partial charge in [-0.15, -0.1) is 0 Å². The smallest absolute Gasteiger partial charge is 0.278 e. The number of carbonyl (C=O) groups excluding carboxylic acids is 1. The van der Waals surface area contributed by atoms with Gasteiger partial charge in [0, 0.05) is 16.1 Å². The van der Waals surface area contributed by atoms with Gasteiger partial charge in [0.15, 0.2) is 0 Å². The Morgan fingerprint density at radius 3 is 2.48 bits per heavy atom. The lowest BCUT2D eigenvalue weighted by Crippen LogP contribution is -2.19. The van der Waals surface area contributed by atoms with E-state index in [9.17, 15) is 13.2 Å². The summed E-state index contributed by atoms with van der Waals surface area (Å²) in [6.07, 6.45) is 0. The molecule has 0 fully saturated rings. The van der Waals surface area contributed by atoms with E-state index < -0.39 is 15.9 Å². The highest BCUT2D eigenvalue weighted by atomic mass is 35.5. The lowest BCUT2D eigenvalue weighted by Gasteiger charge is -2.08. The van der Waals surface area contributed by atoms with E-state index in [2.05, 4.69) is 4.72 Å². The molecule has 9 heteroatoms. The van der Waals surface area contributed by atoms with Crippen LogP contribution >= 0.6 is 11.6 Å². The molecular formula is C16H13ClN2O5S. The molecule has 0 saturated carbocycles. The van der Waals surface area contributed by atoms with Gasteiger partial charge in [-0.2, -0.15) is 0 Å². The van der Waals surface area contributed by atoms with Crippen LogP contribution in [0, 0.1) is 6.92 Å². The minimum absolute atomic E-state index is 0.0497. The monoisotopic (exact) mass is 380 g/mol. The third kappa shape index (κ3) is 3.32. The zero-order valence-corrected chi connectivity index (χ0v) is 14.5. The Morgan fingerprint density at radius 1 is 1.16 bits per heavy atom. The van der Waals surface area contributed by atoms with E-state index >= 15 is 0 Å². The molecule has 3 aromatic rings. The zero-order valence-electron chi connectivity index (χ0n) is 12.9. The van der Waals surface area contributed by atoms with E-state index in [1.165, 1.54) is 42.5 Å². The van der Waals surface area contributed by atoms with Gasteiger partial charge >= 0.3 is 0 Å². The van der Waals surface area contributed by atoms with Gasteiger partial charge in [0.2, 0.25) is 0 Å². The van der Waals surface area contributed by atoms with Crippen LogP contribution in [0.15, 0.2) is 51.8 Å². The molecule has 0 atom stereocenters. The van der Waals surface area contributed by atoms with Gasteiger partial charge in [-0.05, 0) is 49.4 Å². The van der Waals surface area contributed by atoms with Gasteiger partial charge in [0.05, 0.1) is 10.5 Å². The Kier molecular flexibility index (Phi) is 4.42. The fourth-order valence-corrected chi connectivity index (χ4v) is 3.62. The van der Waals surface area contributed by atoms with Gasteiger partial charge in [0.1, 0.15) is 11.3 Å². The van der Waals surface area contributed by atoms with E-state index in [-0.39, 0.29) is 16.1 Å². The van der Waals surface area contributed by atoms with Crippen molar-refractivity contribution in [2.45, 2.75) is 11.8 Å². The van der Waals surface area contributed by atoms with Gasteiger partial charge in [-0.1, -0.05) is 11.6 Å². The summed E-state index contributed by atoms with van der Waals surface area (Å²) in [6.45, 7) is 1.57. The van der Waals surface area contributed by atoms with Crippen LogP contribution in [0.2, 0.25) is 5.02 Å². The Hall–Kier alpha value is -2.55. The number of hydroxylamine groups is 1. The summed E-state index contributed by atoms with van der Waals surface area (Å²) in [6, 6.07) is 10.2. The molecule has 3 N–H and O–H groups in total. The number of benzene rings is 2. The fourth-order valence-electron chi connectivity index (χ4n) is 2.45. The average Bonchev–Trinajstić information content (AvgIpc) is 2.89. The van der Waals surface area contributed by atoms with Crippen molar-refractivity contribution in [1.29, 1.82) is 0 Å². The number of nitrogens with one attached hydrogen (secondary N) is 2. The number of carbonyl (C=O) groups is 1. The molecular weight excluding hydrogens is 368 g/mol. The molecule has 0 aliphatic heterocycles. The number of rotatable bonds is 4. The minimum Gasteiger partial charge on any atom is -0.461 e. The predicted molar refractivity (Wildman–Crippen MR) is 92.5 cm³/mol. The lowest BCUT2D eigenvalue weighted by atomic mass is 10.1. The standard InChI is InChI=1S/C16H13ClN2O5S/c1-9-15(16(20)18-21)13-8-11(4-7-14(13)24-9)19-25(22,23)12-5-2-10(17)3-6-12/h2-8,19,21H,1H3,(H,18,20). The van der Waals surface area contributed by atoms with Crippen LogP contribution in [0.25, 0.3) is 11.0 Å². The van der Waals surface area contributed by atoms with Gasteiger partial charge in [-0.25, -0.2) is 13.9 Å². The highest BCUT2D eigenvalue weighted by Crippen LogP contribution is 2.29. The first-order valence-corrected chi connectivity index (χ1v) is 8.94. The molecule has 1 amide bonds. The van der Waals surface area contributed by atoms with E-state index in [0.717, 1.165) is 0 Å². The van der Waals surface area contributed by atoms with Crippen molar-refractivity contribution in [3.8, 4) is 0 Å². The number of hydrogen-bond donors (Lipinski definition) is 3. The summed E-state index contributed by atoms with van der Waals surface area (Å²) < 4.78 is 32.7. The van der Waals surface area contributed by atoms with Crippen LogP contribution in [0.3, 0.4) is 0 Å². The van der Waals surface area contributed by atoms with Crippen molar-refractivity contribution in [2.75, 3.05) is 4.72 Å². The van der Waals surface area contributed by atoms with Crippen molar-refractivity contribution in [3.05, 3.63) is 58.8 Å². The fraction of sp³-hybridized carbons (Fsp3) is 0.0625. The molecule has 0 spiro atoms. The van der Waals surface area contributed by atoms with Crippen molar-refractivity contribution < 1.29 is 22.8 Å². The van der Waals surface area contributed by atoms with E-state index in [1.54, 1.807) is 12.4 Å². The molecule has 0 aliphatic carbocycles. The van der Waals surface area contributed by atoms with Crippen molar-refractivity contribution in [2.24, 2.45) is 0 Å². The normalized spacial score (nSPS) is 11.5. The van der Waals surface area contributed by atoms with Crippen LogP contribution in [0.1, 0.15) is 16.1 Å². The van der Waals surface area contributed by atoms with Crippen molar-refractivity contribution >= 4 is 44.2 Å². The maximum atomic E-state index is 12.4. The van der Waals surface area contributed by atoms with Crippen LogP contribution in [-0.4, -0.2) is 19.5 Å². The highest BCUT2D eigenvalue weighted by molar-refractivity contribution is 7.92. The maximum Gasteiger partial charge on any atom is 0.278 e. The average molecular weight is 381 g/mol. The van der Waals surface area contributed by atoms with E-state index in [1.807, 2.05) is 0 Å². The Morgan fingerprint density at radius 2 is 1.84 bits per heavy atom. The molecule has 0 radical (unpaired) electrons. The van der Waals surface area contributed by atoms with Crippen LogP contribution in [-0.2, 0) is 10.0 Å². The number of aryl methyl sites for hydroxylation is 1. The van der Waals surface area contributed by atoms with Crippen LogP contribution in [0.5, 0.6) is 0 Å². The molecule has 1 heterocycles. The predicted octanol–water partition coefficient (Wildman–Crippen LogP) is 3.31. The van der Waals surface area contributed by atoms with Crippen molar-refractivity contribution in [3.63, 3.8) is 0 Å². The third-order valence-corrected chi connectivity index (χ3v) is 5.22. The SMILES string of the molecule is Cc1oc2ccc(NS(=O)(=O)c3ccc(Cl)cc3)cc2c1C(=O)NO. The van der Waals surface area contributed by atoms with Crippen LogP contribution in [0.4, 0.5) is 5.69 Å². The van der Waals surface area contributed by atoms with E-state index in [0.29, 0.717) is 21.8 Å². The summed E-state index contributed by atoms with van der Waals surface area (Å²) >= 11 is 5.77. The summed E-state index contributed by atoms with van der Waals surface area (Å²) in [5, 5.41) is 9.65. The number of sulfonamides is 1. The highest BCUT2D eigenvalue weighted by Gasteiger charge is 2.20. The first-order chi connectivity index (χ1) is 11.8. The number of anilines is 1. The maximum absolute atomic E-state index is 12.4. The van der Waals surface area contributed by atoms with E-state index in [4.69, 9.17) is 21.2 Å². The summed E-state index contributed by atoms with van der Waals surface area (Å²) in [5.41, 5.74) is 2.32. The molecule has 25 heavy (non-hydrogen) atoms. The van der Waals surface area contributed by atoms with Crippen molar-refractivity contribution in [1.82, 2.24) is 5.48 Å². The quantitative estimate of drug-likeness (QED) is 0.475. The largest absolute Gasteiger partial charge is 0.461 e. The molecule has 0 aliphatic rings. The summed E-state index contributed by atoms with van der Waals surface area (Å²) in [7, 11) is -3.82. The minimum atomic E-state index is -3.82. The first kappa shape index (κ1) is 17.3. The Balaban J connectivity index is 2.02. The first-order valence-electron chi connectivity index (χ1n) is 7.08. The Labute approximate surface area is 148 Å². The number of furan rings is 1. The Bertz CT molecular complexity index is 1060. The molecule has 3 rings (SSSR count). The van der Waals surface area contributed by atoms with Gasteiger partial charge < -0.3 is 4.42 Å². The summed E-state index contributed by atoms with van der Waals surface area (Å²) in [5.74, 6) is -0.437. The molecule has 0 unspecified atom stereocenters. The second kappa shape index (κ2) is 6.40. The van der Waals surface area contributed by atoms with Gasteiger partial charge in [0.25, 0.3) is 15.9 Å². The lowest BCUT2D eigenvalue weighted by molar-refractivity contribution is 0.0706. The molecule has 0 saturated heterocycles. The topological polar surface area (TPSA) is 109 Å². The molecule has 0 bridgehead atoms. The summed E-state index contributed by atoms with van der Waals surface area (Å²) in [4.78, 5) is 11.8. The second-order valence-corrected chi connectivity index (χ2v) is 7.36. The zero-order chi connectivity index (χ0) is 18.2. The number of hydrogen-bond acceptors (Lipinski definition) is 5. The number of halogens is 1.